The maximum Gasteiger partial charge on any atom is 0.0814 e. The van der Waals surface area contributed by atoms with Crippen LogP contribution in [0.4, 0.5) is 0 Å². The first-order valence-corrected chi connectivity index (χ1v) is 6.30. The molecule has 2 atom stereocenters. The number of benzene rings is 1. The number of rotatable bonds is 6. The molecule has 0 amide bonds. The van der Waals surface area contributed by atoms with Crippen LogP contribution in [0.25, 0.3) is 0 Å². The number of nitrogens with one attached hydrogen (secondary N) is 1. The third-order valence-corrected chi connectivity index (χ3v) is 3.04. The molecule has 1 aliphatic rings. The first kappa shape index (κ1) is 12.6. The summed E-state index contributed by atoms with van der Waals surface area (Å²) in [6.07, 6.45) is 2.89. The predicted octanol–water partition coefficient (Wildman–Crippen LogP) is 1.97. The van der Waals surface area contributed by atoms with Gasteiger partial charge in [-0.15, -0.1) is 0 Å². The van der Waals surface area contributed by atoms with E-state index >= 15 is 0 Å². The van der Waals surface area contributed by atoms with Crippen molar-refractivity contribution < 1.29 is 9.47 Å². The van der Waals surface area contributed by atoms with Crippen LogP contribution in [-0.2, 0) is 16.1 Å². The molecule has 0 radical (unpaired) electrons. The van der Waals surface area contributed by atoms with Crippen molar-refractivity contribution >= 4 is 0 Å². The molecule has 1 aromatic rings. The van der Waals surface area contributed by atoms with Gasteiger partial charge in [-0.2, -0.15) is 0 Å². The van der Waals surface area contributed by atoms with E-state index in [0.717, 1.165) is 19.4 Å². The van der Waals surface area contributed by atoms with E-state index in [1.165, 1.54) is 5.56 Å². The Balaban J connectivity index is 1.63. The Bertz CT molecular complexity index is 315. The van der Waals surface area contributed by atoms with E-state index < -0.39 is 0 Å². The summed E-state index contributed by atoms with van der Waals surface area (Å²) in [7, 11) is 1.96. The molecule has 2 rings (SSSR count). The van der Waals surface area contributed by atoms with E-state index in [2.05, 4.69) is 17.4 Å². The molecule has 1 heterocycles. The summed E-state index contributed by atoms with van der Waals surface area (Å²) in [6.45, 7) is 2.32. The minimum Gasteiger partial charge on any atom is -0.374 e. The van der Waals surface area contributed by atoms with Crippen LogP contribution in [0, 0.1) is 0 Å². The summed E-state index contributed by atoms with van der Waals surface area (Å²) in [5, 5.41) is 3.15. The quantitative estimate of drug-likeness (QED) is 0.817. The molecule has 1 aliphatic heterocycles. The summed E-state index contributed by atoms with van der Waals surface area (Å²) in [5.41, 5.74) is 1.22. The van der Waals surface area contributed by atoms with Gasteiger partial charge in [0.25, 0.3) is 0 Å². The summed E-state index contributed by atoms with van der Waals surface area (Å²) in [6, 6.07) is 10.3. The van der Waals surface area contributed by atoms with E-state index in [1.54, 1.807) is 0 Å². The molecule has 1 saturated heterocycles. The van der Waals surface area contributed by atoms with E-state index in [9.17, 15) is 0 Å². The molecule has 1 N–H and O–H groups in total. The highest BCUT2D eigenvalue weighted by molar-refractivity contribution is 5.13. The second-order valence-corrected chi connectivity index (χ2v) is 4.52. The molecular formula is C14H21NO2. The van der Waals surface area contributed by atoms with Crippen molar-refractivity contribution in [3.8, 4) is 0 Å². The Morgan fingerprint density at radius 1 is 1.24 bits per heavy atom. The van der Waals surface area contributed by atoms with Crippen LogP contribution in [0.5, 0.6) is 0 Å². The third-order valence-electron chi connectivity index (χ3n) is 3.04. The molecule has 0 spiro atoms. The van der Waals surface area contributed by atoms with Gasteiger partial charge in [-0.25, -0.2) is 0 Å². The fourth-order valence-electron chi connectivity index (χ4n) is 2.16. The molecule has 3 heteroatoms. The molecule has 2 unspecified atom stereocenters. The van der Waals surface area contributed by atoms with Gasteiger partial charge >= 0.3 is 0 Å². The van der Waals surface area contributed by atoms with Crippen LogP contribution in [0.1, 0.15) is 18.4 Å². The van der Waals surface area contributed by atoms with Gasteiger partial charge in [-0.3, -0.25) is 0 Å². The molecule has 1 aromatic carbocycles. The van der Waals surface area contributed by atoms with Crippen molar-refractivity contribution in [3.63, 3.8) is 0 Å². The summed E-state index contributed by atoms with van der Waals surface area (Å²) >= 11 is 0. The van der Waals surface area contributed by atoms with E-state index in [4.69, 9.17) is 9.47 Å². The maximum absolute atomic E-state index is 5.85. The van der Waals surface area contributed by atoms with Gasteiger partial charge in [0.05, 0.1) is 25.4 Å². The van der Waals surface area contributed by atoms with E-state index in [1.807, 2.05) is 25.2 Å². The summed E-state index contributed by atoms with van der Waals surface area (Å²) in [4.78, 5) is 0. The molecule has 1 fully saturated rings. The molecule has 17 heavy (non-hydrogen) atoms. The zero-order valence-electron chi connectivity index (χ0n) is 10.4. The molecule has 0 bridgehead atoms. The third kappa shape index (κ3) is 4.11. The Morgan fingerprint density at radius 2 is 2.00 bits per heavy atom. The van der Waals surface area contributed by atoms with Crippen molar-refractivity contribution in [2.24, 2.45) is 0 Å². The lowest BCUT2D eigenvalue weighted by molar-refractivity contribution is -0.0185. The van der Waals surface area contributed by atoms with Crippen molar-refractivity contribution in [1.29, 1.82) is 0 Å². The highest BCUT2D eigenvalue weighted by atomic mass is 16.5. The van der Waals surface area contributed by atoms with Gasteiger partial charge in [0.1, 0.15) is 0 Å². The normalized spacial score (nSPS) is 24.1. The van der Waals surface area contributed by atoms with Gasteiger partial charge in [0, 0.05) is 6.54 Å². The van der Waals surface area contributed by atoms with Gasteiger partial charge in [-0.1, -0.05) is 30.3 Å². The zero-order chi connectivity index (χ0) is 11.9. The summed E-state index contributed by atoms with van der Waals surface area (Å²) < 4.78 is 11.5. The fraction of sp³-hybridized carbons (Fsp3) is 0.571. The standard InChI is InChI=1S/C14H21NO2/c1-15-9-13-7-8-14(17-13)11-16-10-12-5-3-2-4-6-12/h2-6,13-15H,7-11H2,1H3. The molecular weight excluding hydrogens is 214 g/mol. The summed E-state index contributed by atoms with van der Waals surface area (Å²) in [5.74, 6) is 0. The second-order valence-electron chi connectivity index (χ2n) is 4.52. The Hall–Kier alpha value is -0.900. The average Bonchev–Trinajstić information content (AvgIpc) is 2.79. The first-order chi connectivity index (χ1) is 8.38. The number of hydrogen-bond donors (Lipinski definition) is 1. The second kappa shape index (κ2) is 6.74. The average molecular weight is 235 g/mol. The van der Waals surface area contributed by atoms with Crippen LogP contribution < -0.4 is 5.32 Å². The van der Waals surface area contributed by atoms with Gasteiger partial charge in [0.15, 0.2) is 0 Å². The smallest absolute Gasteiger partial charge is 0.0814 e. The van der Waals surface area contributed by atoms with Gasteiger partial charge in [-0.05, 0) is 25.5 Å². The first-order valence-electron chi connectivity index (χ1n) is 6.30. The fourth-order valence-corrected chi connectivity index (χ4v) is 2.16. The molecule has 94 valence electrons. The van der Waals surface area contributed by atoms with Crippen LogP contribution in [0.3, 0.4) is 0 Å². The zero-order valence-corrected chi connectivity index (χ0v) is 10.4. The maximum atomic E-state index is 5.85. The number of ether oxygens (including phenoxy) is 2. The largest absolute Gasteiger partial charge is 0.374 e. The lowest BCUT2D eigenvalue weighted by atomic mass is 10.2. The van der Waals surface area contributed by atoms with E-state index in [0.29, 0.717) is 19.3 Å². The molecule has 3 nitrogen and oxygen atoms in total. The lowest BCUT2D eigenvalue weighted by Gasteiger charge is -2.13. The highest BCUT2D eigenvalue weighted by Crippen LogP contribution is 2.19. The van der Waals surface area contributed by atoms with Crippen LogP contribution in [0.2, 0.25) is 0 Å². The monoisotopic (exact) mass is 235 g/mol. The molecule has 0 saturated carbocycles. The van der Waals surface area contributed by atoms with Gasteiger partial charge in [0.2, 0.25) is 0 Å². The Labute approximate surface area is 103 Å². The van der Waals surface area contributed by atoms with Crippen molar-refractivity contribution in [2.75, 3.05) is 20.2 Å². The van der Waals surface area contributed by atoms with Crippen LogP contribution in [0.15, 0.2) is 30.3 Å². The Morgan fingerprint density at radius 3 is 2.76 bits per heavy atom. The molecule has 0 aromatic heterocycles. The van der Waals surface area contributed by atoms with Crippen LogP contribution in [-0.4, -0.2) is 32.4 Å². The van der Waals surface area contributed by atoms with Crippen LogP contribution >= 0.6 is 0 Å². The number of likely N-dealkylation sites (N-methyl/N-ethyl adjacent to an activating group) is 1. The predicted molar refractivity (Wildman–Crippen MR) is 67.9 cm³/mol. The SMILES string of the molecule is CNCC1CCC(COCc2ccccc2)O1. The van der Waals surface area contributed by atoms with Gasteiger partial charge < -0.3 is 14.8 Å². The highest BCUT2D eigenvalue weighted by Gasteiger charge is 2.24. The number of hydrogen-bond acceptors (Lipinski definition) is 3. The topological polar surface area (TPSA) is 30.5 Å². The van der Waals surface area contributed by atoms with Crippen molar-refractivity contribution in [1.82, 2.24) is 5.32 Å². The minimum atomic E-state index is 0.275. The Kier molecular flexibility index (Phi) is 4.98. The van der Waals surface area contributed by atoms with E-state index in [-0.39, 0.29) is 6.10 Å². The van der Waals surface area contributed by atoms with Crippen molar-refractivity contribution in [2.45, 2.75) is 31.7 Å². The minimum absolute atomic E-state index is 0.275. The van der Waals surface area contributed by atoms with Crippen molar-refractivity contribution in [3.05, 3.63) is 35.9 Å². The molecule has 0 aliphatic carbocycles. The lowest BCUT2D eigenvalue weighted by Crippen LogP contribution is -2.25.